The molecule has 0 spiro atoms. The quantitative estimate of drug-likeness (QED) is 0.323. The Hall–Kier alpha value is -1.35. The molecule has 0 aliphatic rings. The van der Waals surface area contributed by atoms with E-state index < -0.39 is 11.0 Å². The molecule has 1 aromatic rings. The first-order valence-corrected chi connectivity index (χ1v) is 6.34. The van der Waals surface area contributed by atoms with Crippen molar-refractivity contribution in [2.24, 2.45) is 5.84 Å². The summed E-state index contributed by atoms with van der Waals surface area (Å²) in [7, 11) is 0. The summed E-state index contributed by atoms with van der Waals surface area (Å²) in [6.45, 7) is -0.289. The molecule has 1 atom stereocenters. The van der Waals surface area contributed by atoms with E-state index >= 15 is 0 Å². The van der Waals surface area contributed by atoms with Crippen LogP contribution in [0.4, 0.5) is 11.4 Å². The van der Waals surface area contributed by atoms with Gasteiger partial charge in [0.25, 0.3) is 5.69 Å². The monoisotopic (exact) mass is 273 g/mol. The fourth-order valence-electron chi connectivity index (χ4n) is 1.31. The molecular formula is C10H15N3O4S. The Kier molecular flexibility index (Phi) is 5.86. The first kappa shape index (κ1) is 14.7. The lowest BCUT2D eigenvalue weighted by Gasteiger charge is -2.07. The van der Waals surface area contributed by atoms with Gasteiger partial charge in [-0.25, -0.2) is 0 Å². The molecule has 100 valence electrons. The van der Waals surface area contributed by atoms with Crippen molar-refractivity contribution in [3.8, 4) is 0 Å². The van der Waals surface area contributed by atoms with Gasteiger partial charge in [-0.1, -0.05) is 6.07 Å². The summed E-state index contributed by atoms with van der Waals surface area (Å²) in [4.78, 5) is 10.3. The Bertz CT molecular complexity index is 416. The number of nitrogen functional groups attached to an aromatic ring is 1. The third-order valence-electron chi connectivity index (χ3n) is 2.20. The molecular weight excluding hydrogens is 258 g/mol. The molecule has 1 rings (SSSR count). The number of nitro groups is 1. The second kappa shape index (κ2) is 7.17. The van der Waals surface area contributed by atoms with Crippen molar-refractivity contribution >= 4 is 23.1 Å². The summed E-state index contributed by atoms with van der Waals surface area (Å²) in [6, 6.07) is 4.70. The summed E-state index contributed by atoms with van der Waals surface area (Å²) >= 11 is 1.39. The SMILES string of the molecule is NNc1ccc(CSCC(O)CO)cc1[N+](=O)[O-]. The van der Waals surface area contributed by atoms with Crippen molar-refractivity contribution in [2.75, 3.05) is 17.8 Å². The number of thioether (sulfide) groups is 1. The maximum absolute atomic E-state index is 10.8. The van der Waals surface area contributed by atoms with Crippen LogP contribution in [-0.4, -0.2) is 33.6 Å². The molecule has 7 nitrogen and oxygen atoms in total. The molecule has 1 unspecified atom stereocenters. The summed E-state index contributed by atoms with van der Waals surface area (Å²) in [6.07, 6.45) is -0.769. The molecule has 1 aromatic carbocycles. The van der Waals surface area contributed by atoms with Crippen LogP contribution in [0.2, 0.25) is 0 Å². The van der Waals surface area contributed by atoms with Gasteiger partial charge in [0.1, 0.15) is 5.69 Å². The Labute approximate surface area is 108 Å². The van der Waals surface area contributed by atoms with Gasteiger partial charge in [-0.3, -0.25) is 16.0 Å². The number of nitro benzene ring substituents is 1. The number of nitrogens with zero attached hydrogens (tertiary/aromatic N) is 1. The van der Waals surface area contributed by atoms with Gasteiger partial charge in [0.05, 0.1) is 17.6 Å². The van der Waals surface area contributed by atoms with Crippen LogP contribution in [0.3, 0.4) is 0 Å². The van der Waals surface area contributed by atoms with Crippen molar-refractivity contribution in [3.05, 3.63) is 33.9 Å². The number of rotatable bonds is 7. The number of aliphatic hydroxyl groups is 2. The summed E-state index contributed by atoms with van der Waals surface area (Å²) in [5.74, 6) is 6.07. The smallest absolute Gasteiger partial charge is 0.293 e. The normalized spacial score (nSPS) is 12.2. The highest BCUT2D eigenvalue weighted by Crippen LogP contribution is 2.26. The Morgan fingerprint density at radius 2 is 2.28 bits per heavy atom. The van der Waals surface area contributed by atoms with Gasteiger partial charge in [0.2, 0.25) is 0 Å². The van der Waals surface area contributed by atoms with E-state index in [2.05, 4.69) is 5.43 Å². The molecule has 0 amide bonds. The Balaban J connectivity index is 2.67. The van der Waals surface area contributed by atoms with Crippen molar-refractivity contribution in [1.29, 1.82) is 0 Å². The molecule has 0 aliphatic heterocycles. The minimum atomic E-state index is -0.769. The van der Waals surface area contributed by atoms with E-state index in [0.717, 1.165) is 5.56 Å². The predicted molar refractivity (Wildman–Crippen MR) is 70.2 cm³/mol. The highest BCUT2D eigenvalue weighted by Gasteiger charge is 2.13. The zero-order valence-electron chi connectivity index (χ0n) is 9.57. The summed E-state index contributed by atoms with van der Waals surface area (Å²) in [5, 5.41) is 28.6. The number of benzene rings is 1. The standard InChI is InChI=1S/C10H15N3O4S/c11-12-9-2-1-7(3-10(9)13(16)17)5-18-6-8(15)4-14/h1-3,8,12,14-15H,4-6,11H2. The summed E-state index contributed by atoms with van der Waals surface area (Å²) < 4.78 is 0. The number of hydrogen-bond acceptors (Lipinski definition) is 7. The van der Waals surface area contributed by atoms with Gasteiger partial charge in [0, 0.05) is 17.6 Å². The molecule has 0 radical (unpaired) electrons. The number of nitrogens with one attached hydrogen (secondary N) is 1. The Morgan fingerprint density at radius 1 is 1.56 bits per heavy atom. The highest BCUT2D eigenvalue weighted by molar-refractivity contribution is 7.98. The van der Waals surface area contributed by atoms with Crippen molar-refractivity contribution < 1.29 is 15.1 Å². The second-order valence-electron chi connectivity index (χ2n) is 3.60. The number of aliphatic hydroxyl groups excluding tert-OH is 2. The first-order chi connectivity index (χ1) is 8.58. The van der Waals surface area contributed by atoms with Gasteiger partial charge in [-0.2, -0.15) is 11.8 Å². The molecule has 0 fully saturated rings. The molecule has 0 saturated carbocycles. The van der Waals surface area contributed by atoms with E-state index in [0.29, 0.717) is 11.5 Å². The van der Waals surface area contributed by atoms with Crippen LogP contribution in [-0.2, 0) is 5.75 Å². The van der Waals surface area contributed by atoms with Crippen LogP contribution < -0.4 is 11.3 Å². The molecule has 8 heteroatoms. The van der Waals surface area contributed by atoms with E-state index in [1.54, 1.807) is 6.07 Å². The van der Waals surface area contributed by atoms with Crippen molar-refractivity contribution in [2.45, 2.75) is 11.9 Å². The molecule has 0 aromatic heterocycles. The molecule has 18 heavy (non-hydrogen) atoms. The second-order valence-corrected chi connectivity index (χ2v) is 4.63. The predicted octanol–water partition coefficient (Wildman–Crippen LogP) is 0.467. The number of hydrogen-bond donors (Lipinski definition) is 4. The van der Waals surface area contributed by atoms with E-state index in [-0.39, 0.29) is 18.0 Å². The first-order valence-electron chi connectivity index (χ1n) is 5.19. The summed E-state index contributed by atoms with van der Waals surface area (Å²) in [5.41, 5.74) is 3.20. The van der Waals surface area contributed by atoms with Gasteiger partial charge in [0.15, 0.2) is 0 Å². The average molecular weight is 273 g/mol. The third kappa shape index (κ3) is 4.15. The zero-order valence-corrected chi connectivity index (χ0v) is 10.4. The lowest BCUT2D eigenvalue weighted by Crippen LogP contribution is -2.14. The maximum atomic E-state index is 10.8. The van der Waals surface area contributed by atoms with Gasteiger partial charge in [-0.15, -0.1) is 0 Å². The number of hydrazine groups is 1. The average Bonchev–Trinajstić information content (AvgIpc) is 2.38. The van der Waals surface area contributed by atoms with Crippen LogP contribution in [0.5, 0.6) is 0 Å². The minimum absolute atomic E-state index is 0.0849. The fourth-order valence-corrected chi connectivity index (χ4v) is 2.22. The van der Waals surface area contributed by atoms with E-state index in [9.17, 15) is 10.1 Å². The van der Waals surface area contributed by atoms with Gasteiger partial charge < -0.3 is 15.6 Å². The molecule has 0 aliphatic carbocycles. The van der Waals surface area contributed by atoms with Gasteiger partial charge in [-0.05, 0) is 11.6 Å². The maximum Gasteiger partial charge on any atom is 0.293 e. The number of nitrogens with two attached hydrogens (primary N) is 1. The molecule has 5 N–H and O–H groups in total. The van der Waals surface area contributed by atoms with Crippen molar-refractivity contribution in [3.63, 3.8) is 0 Å². The van der Waals surface area contributed by atoms with Gasteiger partial charge >= 0.3 is 0 Å². The highest BCUT2D eigenvalue weighted by atomic mass is 32.2. The molecule has 0 bridgehead atoms. The van der Waals surface area contributed by atoms with E-state index in [4.69, 9.17) is 16.1 Å². The lowest BCUT2D eigenvalue weighted by molar-refractivity contribution is -0.384. The van der Waals surface area contributed by atoms with Crippen LogP contribution in [0.15, 0.2) is 18.2 Å². The van der Waals surface area contributed by atoms with Crippen LogP contribution in [0.1, 0.15) is 5.56 Å². The van der Waals surface area contributed by atoms with Crippen LogP contribution in [0.25, 0.3) is 0 Å². The fraction of sp³-hybridized carbons (Fsp3) is 0.400. The van der Waals surface area contributed by atoms with Crippen LogP contribution in [0, 0.1) is 10.1 Å². The van der Waals surface area contributed by atoms with Crippen molar-refractivity contribution in [1.82, 2.24) is 0 Å². The van der Waals surface area contributed by atoms with E-state index in [1.807, 2.05) is 0 Å². The minimum Gasteiger partial charge on any atom is -0.394 e. The molecule has 0 saturated heterocycles. The van der Waals surface area contributed by atoms with Crippen LogP contribution >= 0.6 is 11.8 Å². The third-order valence-corrected chi connectivity index (χ3v) is 3.36. The Morgan fingerprint density at radius 3 is 2.83 bits per heavy atom. The molecule has 0 heterocycles. The number of anilines is 1. The largest absolute Gasteiger partial charge is 0.394 e. The lowest BCUT2D eigenvalue weighted by atomic mass is 10.2. The topological polar surface area (TPSA) is 122 Å². The van der Waals surface area contributed by atoms with E-state index in [1.165, 1.54) is 23.9 Å². The zero-order chi connectivity index (χ0) is 13.5.